The zero-order valence-corrected chi connectivity index (χ0v) is 64.1. The van der Waals surface area contributed by atoms with Crippen molar-refractivity contribution < 1.29 is 80.2 Å². The van der Waals surface area contributed by atoms with Crippen LogP contribution in [0, 0.1) is 0 Å². The molecule has 0 aromatic rings. The molecule has 0 fully saturated rings. The van der Waals surface area contributed by atoms with E-state index in [1.807, 2.05) is 36.5 Å². The third kappa shape index (κ3) is 71.6. The van der Waals surface area contributed by atoms with Gasteiger partial charge in [-0.15, -0.1) is 0 Å². The molecule has 0 radical (unpaired) electrons. The predicted octanol–water partition coefficient (Wildman–Crippen LogP) is 22.1. The summed E-state index contributed by atoms with van der Waals surface area (Å²) in [6.45, 7) is 4.45. The second-order valence-electron chi connectivity index (χ2n) is 25.2. The highest BCUT2D eigenvalue weighted by Gasteiger charge is 2.30. The molecular formula is C81H136O17P2. The number of carbonyl (C=O) groups excluding carboxylic acids is 4. The highest BCUT2D eigenvalue weighted by Crippen LogP contribution is 2.45. The van der Waals surface area contributed by atoms with Crippen molar-refractivity contribution in [1.82, 2.24) is 0 Å². The van der Waals surface area contributed by atoms with E-state index in [0.29, 0.717) is 32.1 Å². The van der Waals surface area contributed by atoms with Crippen molar-refractivity contribution >= 4 is 39.5 Å². The molecule has 19 heteroatoms. The second-order valence-corrected chi connectivity index (χ2v) is 28.1. The van der Waals surface area contributed by atoms with Gasteiger partial charge in [-0.25, -0.2) is 9.13 Å². The first-order valence-electron chi connectivity index (χ1n) is 38.4. The third-order valence-corrected chi connectivity index (χ3v) is 17.6. The van der Waals surface area contributed by atoms with Crippen molar-refractivity contribution in [3.05, 3.63) is 134 Å². The molecule has 0 aliphatic rings. The molecule has 0 aliphatic carbocycles. The first kappa shape index (κ1) is 95.2. The first-order chi connectivity index (χ1) is 48.7. The Kier molecular flexibility index (Phi) is 69.1. The van der Waals surface area contributed by atoms with E-state index >= 15 is 0 Å². The lowest BCUT2D eigenvalue weighted by molar-refractivity contribution is -0.161. The van der Waals surface area contributed by atoms with Crippen LogP contribution in [0.4, 0.5) is 0 Å². The molecule has 0 amide bonds. The van der Waals surface area contributed by atoms with Crippen LogP contribution >= 0.6 is 15.6 Å². The number of carbonyl (C=O) groups is 4. The van der Waals surface area contributed by atoms with E-state index in [2.05, 4.69) is 119 Å². The fraction of sp³-hybridized carbons (Fsp3) is 0.679. The Balaban J connectivity index is 5.45. The Morgan fingerprint density at radius 2 is 0.560 bits per heavy atom. The molecule has 0 rings (SSSR count). The molecule has 0 aromatic carbocycles. The first-order valence-corrected chi connectivity index (χ1v) is 41.4. The summed E-state index contributed by atoms with van der Waals surface area (Å²) in [6, 6.07) is 0. The largest absolute Gasteiger partial charge is 0.472 e. The molecule has 17 nitrogen and oxygen atoms in total. The number of unbranched alkanes of at least 4 members (excludes halogenated alkanes) is 24. The molecule has 5 unspecified atom stereocenters. The van der Waals surface area contributed by atoms with Crippen LogP contribution in [0.2, 0.25) is 0 Å². The standard InChI is InChI=1S/C81H136O17P2/c1-5-9-13-17-21-25-29-32-35-36-37-38-41-43-47-50-54-58-62-66-79(84)92-72-77(98-81(86)68-64-60-56-52-48-44-40-34-31-27-23-19-15-11-7-3)74-96-100(89,90)94-70-75(82)69-93-99(87,88)95-73-76(97-80(85)67-63-59-55-51-45-28-24-20-16-12-8-4)71-91-78(83)65-61-57-53-49-46-42-39-33-30-26-22-18-14-10-6-2/h9-10,13-14,21-22,25-26,32-33,35,37-39,43,46-47,49,54,57-58,61,75-77,82H,5-8,11-12,15-20,23-24,27-31,34,36,40-42,44-45,48,50-53,55-56,59-60,62-74H2,1-4H3,(H,87,88)(H,89,90)/b13-9-,14-10-,25-21-,26-22-,35-32-,38-37-,39-33-,47-43-,49-46-,58-54-,61-57-. The quantitative estimate of drug-likeness (QED) is 0.0169. The van der Waals surface area contributed by atoms with Crippen molar-refractivity contribution in [3.8, 4) is 0 Å². The monoisotopic (exact) mass is 1440 g/mol. The Morgan fingerprint density at radius 3 is 0.870 bits per heavy atom. The summed E-state index contributed by atoms with van der Waals surface area (Å²) in [5.41, 5.74) is 0. The molecule has 0 aliphatic heterocycles. The molecule has 572 valence electrons. The van der Waals surface area contributed by atoms with Gasteiger partial charge in [-0.1, -0.05) is 315 Å². The lowest BCUT2D eigenvalue weighted by atomic mass is 10.0. The van der Waals surface area contributed by atoms with Gasteiger partial charge in [-0.3, -0.25) is 37.3 Å². The van der Waals surface area contributed by atoms with E-state index in [9.17, 15) is 43.2 Å². The van der Waals surface area contributed by atoms with Gasteiger partial charge in [0.25, 0.3) is 0 Å². The average molecular weight is 1440 g/mol. The van der Waals surface area contributed by atoms with Gasteiger partial charge in [0.1, 0.15) is 19.3 Å². The minimum absolute atomic E-state index is 0.0339. The Bertz CT molecular complexity index is 2420. The molecular weight excluding hydrogens is 1310 g/mol. The van der Waals surface area contributed by atoms with Gasteiger partial charge in [-0.05, 0) is 89.9 Å². The summed E-state index contributed by atoms with van der Waals surface area (Å²) in [6.07, 6.45) is 80.6. The van der Waals surface area contributed by atoms with Gasteiger partial charge in [0.2, 0.25) is 0 Å². The topological polar surface area (TPSA) is 237 Å². The Labute approximate surface area is 605 Å². The van der Waals surface area contributed by atoms with E-state index < -0.39 is 97.5 Å². The summed E-state index contributed by atoms with van der Waals surface area (Å²) in [4.78, 5) is 72.7. The Hall–Kier alpha value is -4.80. The SMILES string of the molecule is CC/C=C\C/C=C\C/C=C\C/C=C\C/C=C\C/C=C\CCC(=O)OCC(COP(=O)(O)OCC(O)COP(=O)(O)OCC(COC(=O)C/C=C\C/C=C\C/C=C\C/C=C\C/C=C\CC)OC(=O)CCCCCCCCCCCCC)OC(=O)CCCCCCCCCCCCCCCCC. The van der Waals surface area contributed by atoms with Crippen LogP contribution in [0.15, 0.2) is 134 Å². The van der Waals surface area contributed by atoms with Crippen LogP contribution < -0.4 is 0 Å². The number of allylic oxidation sites excluding steroid dienone is 21. The number of hydrogen-bond acceptors (Lipinski definition) is 15. The summed E-state index contributed by atoms with van der Waals surface area (Å²) >= 11 is 0. The Morgan fingerprint density at radius 1 is 0.300 bits per heavy atom. The number of esters is 4. The number of phosphoric acid groups is 2. The smallest absolute Gasteiger partial charge is 0.462 e. The van der Waals surface area contributed by atoms with Crippen molar-refractivity contribution in [2.75, 3.05) is 39.6 Å². The minimum Gasteiger partial charge on any atom is -0.462 e. The van der Waals surface area contributed by atoms with Crippen LogP contribution in [-0.4, -0.2) is 96.7 Å². The zero-order chi connectivity index (χ0) is 73.2. The minimum atomic E-state index is -5.00. The number of phosphoric ester groups is 2. The highest BCUT2D eigenvalue weighted by molar-refractivity contribution is 7.47. The van der Waals surface area contributed by atoms with E-state index in [1.54, 1.807) is 6.08 Å². The molecule has 0 heterocycles. The molecule has 0 spiro atoms. The lowest BCUT2D eigenvalue weighted by Gasteiger charge is -2.21. The van der Waals surface area contributed by atoms with E-state index in [0.717, 1.165) is 109 Å². The maximum atomic E-state index is 13.1. The maximum absolute atomic E-state index is 13.1. The molecule has 0 bridgehead atoms. The van der Waals surface area contributed by atoms with E-state index in [1.165, 1.54) is 103 Å². The molecule has 100 heavy (non-hydrogen) atoms. The van der Waals surface area contributed by atoms with Gasteiger partial charge in [0.15, 0.2) is 12.2 Å². The van der Waals surface area contributed by atoms with Crippen LogP contribution in [-0.2, 0) is 65.4 Å². The summed E-state index contributed by atoms with van der Waals surface area (Å²) in [5, 5.41) is 10.6. The molecule has 0 saturated heterocycles. The van der Waals surface area contributed by atoms with Gasteiger partial charge >= 0.3 is 39.5 Å². The second kappa shape index (κ2) is 72.5. The van der Waals surface area contributed by atoms with Crippen molar-refractivity contribution in [3.63, 3.8) is 0 Å². The predicted molar refractivity (Wildman–Crippen MR) is 408 cm³/mol. The molecule has 0 saturated carbocycles. The van der Waals surface area contributed by atoms with Gasteiger partial charge in [0.05, 0.1) is 32.8 Å². The summed E-state index contributed by atoms with van der Waals surface area (Å²) in [5.74, 6) is -2.42. The number of ether oxygens (including phenoxy) is 4. The van der Waals surface area contributed by atoms with Crippen molar-refractivity contribution in [2.24, 2.45) is 0 Å². The van der Waals surface area contributed by atoms with Crippen LogP contribution in [0.5, 0.6) is 0 Å². The summed E-state index contributed by atoms with van der Waals surface area (Å²) < 4.78 is 68.2. The maximum Gasteiger partial charge on any atom is 0.472 e. The van der Waals surface area contributed by atoms with Crippen molar-refractivity contribution in [1.29, 1.82) is 0 Å². The number of rotatable bonds is 71. The van der Waals surface area contributed by atoms with Gasteiger partial charge in [0, 0.05) is 19.3 Å². The van der Waals surface area contributed by atoms with Crippen LogP contribution in [0.1, 0.15) is 297 Å². The van der Waals surface area contributed by atoms with Gasteiger partial charge < -0.3 is 33.8 Å². The number of aliphatic hydroxyl groups is 1. The molecule has 3 N–H and O–H groups in total. The molecule has 5 atom stereocenters. The number of hydrogen-bond donors (Lipinski definition) is 3. The fourth-order valence-electron chi connectivity index (χ4n) is 9.91. The van der Waals surface area contributed by atoms with Crippen LogP contribution in [0.25, 0.3) is 0 Å². The van der Waals surface area contributed by atoms with E-state index in [-0.39, 0.29) is 25.7 Å². The normalized spacial score (nSPS) is 14.7. The molecule has 0 aromatic heterocycles. The number of aliphatic hydroxyl groups excluding tert-OH is 1. The fourth-order valence-corrected chi connectivity index (χ4v) is 11.5. The zero-order valence-electron chi connectivity index (χ0n) is 62.3. The highest BCUT2D eigenvalue weighted by atomic mass is 31.2. The van der Waals surface area contributed by atoms with Gasteiger partial charge in [-0.2, -0.15) is 0 Å². The summed E-state index contributed by atoms with van der Waals surface area (Å²) in [7, 11) is -9.99. The van der Waals surface area contributed by atoms with Crippen molar-refractivity contribution in [2.45, 2.75) is 316 Å². The van der Waals surface area contributed by atoms with E-state index in [4.69, 9.17) is 37.0 Å². The third-order valence-electron chi connectivity index (χ3n) is 15.7. The lowest BCUT2D eigenvalue weighted by Crippen LogP contribution is -2.30. The average Bonchev–Trinajstić information content (AvgIpc) is 0.985. The van der Waals surface area contributed by atoms with Crippen LogP contribution in [0.3, 0.4) is 0 Å².